The standard InChI is InChI=1S/C15H20N2O/c1-15(2,3)10-17(4)14(18)13-9-11-7-5-6-8-12(11)16-13/h5-9,16H,10H2,1-4H3. The highest BCUT2D eigenvalue weighted by molar-refractivity contribution is 5.97. The third kappa shape index (κ3) is 2.73. The molecule has 0 fully saturated rings. The Labute approximate surface area is 108 Å². The number of H-pyrrole nitrogens is 1. The van der Waals surface area contributed by atoms with Crippen LogP contribution < -0.4 is 0 Å². The van der Waals surface area contributed by atoms with Crippen LogP contribution in [0.4, 0.5) is 0 Å². The summed E-state index contributed by atoms with van der Waals surface area (Å²) in [6, 6.07) is 9.84. The summed E-state index contributed by atoms with van der Waals surface area (Å²) in [7, 11) is 1.85. The molecule has 0 bridgehead atoms. The van der Waals surface area contributed by atoms with Crippen molar-refractivity contribution < 1.29 is 4.79 Å². The highest BCUT2D eigenvalue weighted by Crippen LogP contribution is 2.18. The number of benzene rings is 1. The zero-order valence-corrected chi connectivity index (χ0v) is 11.4. The Morgan fingerprint density at radius 3 is 2.56 bits per heavy atom. The molecule has 2 aromatic rings. The van der Waals surface area contributed by atoms with E-state index in [1.807, 2.05) is 37.4 Å². The number of aromatic amines is 1. The first-order chi connectivity index (χ1) is 8.37. The molecule has 0 aliphatic heterocycles. The topological polar surface area (TPSA) is 36.1 Å². The molecule has 1 aromatic carbocycles. The quantitative estimate of drug-likeness (QED) is 0.864. The molecule has 1 heterocycles. The summed E-state index contributed by atoms with van der Waals surface area (Å²) in [5.41, 5.74) is 1.77. The Balaban J connectivity index is 2.23. The van der Waals surface area contributed by atoms with Crippen LogP contribution in [-0.2, 0) is 0 Å². The van der Waals surface area contributed by atoms with Gasteiger partial charge in [-0.25, -0.2) is 0 Å². The maximum atomic E-state index is 12.3. The van der Waals surface area contributed by atoms with E-state index in [1.165, 1.54) is 0 Å². The van der Waals surface area contributed by atoms with Crippen molar-refractivity contribution in [1.82, 2.24) is 9.88 Å². The van der Waals surface area contributed by atoms with Crippen LogP contribution in [0.25, 0.3) is 10.9 Å². The van der Waals surface area contributed by atoms with Gasteiger partial charge in [-0.2, -0.15) is 0 Å². The fourth-order valence-corrected chi connectivity index (χ4v) is 2.18. The number of rotatable bonds is 2. The average Bonchev–Trinajstić information content (AvgIpc) is 2.68. The van der Waals surface area contributed by atoms with Gasteiger partial charge in [0.15, 0.2) is 0 Å². The van der Waals surface area contributed by atoms with Gasteiger partial charge in [-0.1, -0.05) is 39.0 Å². The molecule has 0 saturated heterocycles. The molecule has 3 heteroatoms. The maximum absolute atomic E-state index is 12.3. The lowest BCUT2D eigenvalue weighted by Gasteiger charge is -2.26. The predicted octanol–water partition coefficient (Wildman–Crippen LogP) is 3.29. The molecular weight excluding hydrogens is 224 g/mol. The third-order valence-corrected chi connectivity index (χ3v) is 2.82. The van der Waals surface area contributed by atoms with Crippen molar-refractivity contribution in [2.24, 2.45) is 5.41 Å². The molecule has 0 unspecified atom stereocenters. The number of amides is 1. The van der Waals surface area contributed by atoms with E-state index in [9.17, 15) is 4.79 Å². The molecule has 3 nitrogen and oxygen atoms in total. The summed E-state index contributed by atoms with van der Waals surface area (Å²) < 4.78 is 0. The van der Waals surface area contributed by atoms with Crippen LogP contribution in [0.2, 0.25) is 0 Å². The normalized spacial score (nSPS) is 11.8. The lowest BCUT2D eigenvalue weighted by molar-refractivity contribution is 0.0741. The molecule has 1 N–H and O–H groups in total. The van der Waals surface area contributed by atoms with Gasteiger partial charge in [-0.05, 0) is 17.5 Å². The monoisotopic (exact) mass is 244 g/mol. The fourth-order valence-electron chi connectivity index (χ4n) is 2.18. The Morgan fingerprint density at radius 2 is 1.94 bits per heavy atom. The van der Waals surface area contributed by atoms with Crippen molar-refractivity contribution in [1.29, 1.82) is 0 Å². The van der Waals surface area contributed by atoms with E-state index in [1.54, 1.807) is 4.90 Å². The molecule has 1 amide bonds. The van der Waals surface area contributed by atoms with Gasteiger partial charge in [0.25, 0.3) is 5.91 Å². The molecule has 0 saturated carbocycles. The number of nitrogens with one attached hydrogen (secondary N) is 1. The molecule has 18 heavy (non-hydrogen) atoms. The van der Waals surface area contributed by atoms with Crippen LogP contribution in [-0.4, -0.2) is 29.4 Å². The molecule has 1 aromatic heterocycles. The fraction of sp³-hybridized carbons (Fsp3) is 0.400. The van der Waals surface area contributed by atoms with Crippen LogP contribution in [0.15, 0.2) is 30.3 Å². The van der Waals surface area contributed by atoms with Gasteiger partial charge in [0.2, 0.25) is 0 Å². The van der Waals surface area contributed by atoms with E-state index in [0.29, 0.717) is 5.69 Å². The van der Waals surface area contributed by atoms with Gasteiger partial charge in [0, 0.05) is 24.5 Å². The van der Waals surface area contributed by atoms with Crippen LogP contribution >= 0.6 is 0 Å². The minimum absolute atomic E-state index is 0.0427. The van der Waals surface area contributed by atoms with E-state index in [-0.39, 0.29) is 11.3 Å². The second kappa shape index (κ2) is 4.48. The van der Waals surface area contributed by atoms with Crippen molar-refractivity contribution in [3.8, 4) is 0 Å². The van der Waals surface area contributed by atoms with Gasteiger partial charge in [-0.3, -0.25) is 4.79 Å². The van der Waals surface area contributed by atoms with Crippen LogP contribution in [0.5, 0.6) is 0 Å². The first kappa shape index (κ1) is 12.7. The summed E-state index contributed by atoms with van der Waals surface area (Å²) >= 11 is 0. The highest BCUT2D eigenvalue weighted by atomic mass is 16.2. The van der Waals surface area contributed by atoms with Crippen molar-refractivity contribution >= 4 is 16.8 Å². The number of fused-ring (bicyclic) bond motifs is 1. The molecule has 2 rings (SSSR count). The number of hydrogen-bond acceptors (Lipinski definition) is 1. The number of nitrogens with zero attached hydrogens (tertiary/aromatic N) is 1. The minimum Gasteiger partial charge on any atom is -0.351 e. The summed E-state index contributed by atoms with van der Waals surface area (Å²) in [6.07, 6.45) is 0. The third-order valence-electron chi connectivity index (χ3n) is 2.82. The first-order valence-corrected chi connectivity index (χ1v) is 6.20. The number of para-hydroxylation sites is 1. The van der Waals surface area contributed by atoms with Crippen molar-refractivity contribution in [3.05, 3.63) is 36.0 Å². The number of carbonyl (C=O) groups excluding carboxylic acids is 1. The Morgan fingerprint density at radius 1 is 1.28 bits per heavy atom. The van der Waals surface area contributed by atoms with E-state index >= 15 is 0 Å². The maximum Gasteiger partial charge on any atom is 0.270 e. The van der Waals surface area contributed by atoms with Gasteiger partial charge < -0.3 is 9.88 Å². The molecule has 0 radical (unpaired) electrons. The summed E-state index contributed by atoms with van der Waals surface area (Å²) in [5, 5.41) is 1.07. The van der Waals surface area contributed by atoms with E-state index in [2.05, 4.69) is 25.8 Å². The van der Waals surface area contributed by atoms with Gasteiger partial charge in [0.1, 0.15) is 5.69 Å². The summed E-state index contributed by atoms with van der Waals surface area (Å²) in [6.45, 7) is 7.12. The first-order valence-electron chi connectivity index (χ1n) is 6.20. The average molecular weight is 244 g/mol. The lowest BCUT2D eigenvalue weighted by atomic mass is 9.96. The molecule has 0 spiro atoms. The van der Waals surface area contributed by atoms with Crippen LogP contribution in [0, 0.1) is 5.41 Å². The number of carbonyl (C=O) groups is 1. The Kier molecular flexibility index (Phi) is 3.16. The van der Waals surface area contributed by atoms with Crippen molar-refractivity contribution in [2.45, 2.75) is 20.8 Å². The van der Waals surface area contributed by atoms with Crippen molar-refractivity contribution in [2.75, 3.05) is 13.6 Å². The molecular formula is C15H20N2O. The van der Waals surface area contributed by atoms with Crippen LogP contribution in [0.3, 0.4) is 0 Å². The lowest BCUT2D eigenvalue weighted by Crippen LogP contribution is -2.34. The van der Waals surface area contributed by atoms with E-state index in [0.717, 1.165) is 17.4 Å². The second-order valence-corrected chi connectivity index (χ2v) is 5.99. The zero-order chi connectivity index (χ0) is 13.3. The summed E-state index contributed by atoms with van der Waals surface area (Å²) in [4.78, 5) is 17.2. The SMILES string of the molecule is CN(CC(C)(C)C)C(=O)c1cc2ccccc2[nH]1. The van der Waals surface area contributed by atoms with E-state index in [4.69, 9.17) is 0 Å². The Hall–Kier alpha value is -1.77. The van der Waals surface area contributed by atoms with Gasteiger partial charge in [-0.15, -0.1) is 0 Å². The summed E-state index contributed by atoms with van der Waals surface area (Å²) in [5.74, 6) is 0.0427. The molecule has 0 aliphatic rings. The minimum atomic E-state index is 0.0427. The van der Waals surface area contributed by atoms with Crippen LogP contribution in [0.1, 0.15) is 31.3 Å². The molecule has 0 aliphatic carbocycles. The second-order valence-electron chi connectivity index (χ2n) is 5.99. The number of hydrogen-bond donors (Lipinski definition) is 1. The molecule has 0 atom stereocenters. The Bertz CT molecular complexity index is 530. The smallest absolute Gasteiger partial charge is 0.270 e. The zero-order valence-electron chi connectivity index (χ0n) is 11.4. The van der Waals surface area contributed by atoms with E-state index < -0.39 is 0 Å². The van der Waals surface area contributed by atoms with Crippen molar-refractivity contribution in [3.63, 3.8) is 0 Å². The molecule has 96 valence electrons. The highest BCUT2D eigenvalue weighted by Gasteiger charge is 2.19. The van der Waals surface area contributed by atoms with Gasteiger partial charge >= 0.3 is 0 Å². The number of aromatic nitrogens is 1. The predicted molar refractivity (Wildman–Crippen MR) is 74.7 cm³/mol. The van der Waals surface area contributed by atoms with Gasteiger partial charge in [0.05, 0.1) is 0 Å². The largest absolute Gasteiger partial charge is 0.351 e.